The Labute approximate surface area is 202 Å². The average molecular weight is 509 g/mol. The van der Waals surface area contributed by atoms with Crippen LogP contribution in [0, 0.1) is 0 Å². The Kier molecular flexibility index (Phi) is 8.52. The molecule has 1 aromatic heterocycles. The van der Waals surface area contributed by atoms with Crippen LogP contribution in [0.25, 0.3) is 0 Å². The largest absolute Gasteiger partial charge is 0.326 e. The van der Waals surface area contributed by atoms with Crippen molar-refractivity contribution in [3.8, 4) is 0 Å². The van der Waals surface area contributed by atoms with Gasteiger partial charge in [0.1, 0.15) is 0 Å². The number of hydrogen-bond donors (Lipinski definition) is 3. The van der Waals surface area contributed by atoms with E-state index in [1.165, 1.54) is 36.1 Å². The molecule has 0 atom stereocenters. The van der Waals surface area contributed by atoms with Crippen molar-refractivity contribution in [1.29, 1.82) is 0 Å². The zero-order chi connectivity index (χ0) is 23.1. The molecule has 0 aliphatic carbocycles. The van der Waals surface area contributed by atoms with Gasteiger partial charge in [0.05, 0.1) is 22.0 Å². The third-order valence-corrected chi connectivity index (χ3v) is 6.25. The number of aromatic nitrogens is 1. The first-order valence-electron chi connectivity index (χ1n) is 9.26. The average Bonchev–Trinajstić information content (AvgIpc) is 3.18. The zero-order valence-electron chi connectivity index (χ0n) is 16.8. The fraction of sp³-hybridized carbons (Fsp3) is 0.143. The lowest BCUT2D eigenvalue weighted by Gasteiger charge is -2.06. The van der Waals surface area contributed by atoms with Crippen molar-refractivity contribution in [1.82, 2.24) is 4.98 Å². The number of anilines is 3. The second-order valence-corrected chi connectivity index (χ2v) is 9.21. The number of rotatable bonds is 8. The topological polar surface area (TPSA) is 100 Å². The molecule has 0 bridgehead atoms. The minimum absolute atomic E-state index is 0.151. The van der Waals surface area contributed by atoms with E-state index < -0.39 is 5.91 Å². The quantitative estimate of drug-likeness (QED) is 0.371. The van der Waals surface area contributed by atoms with Gasteiger partial charge in [0.15, 0.2) is 5.13 Å². The molecule has 1 heterocycles. The molecule has 2 aromatic carbocycles. The van der Waals surface area contributed by atoms with Crippen LogP contribution in [0.5, 0.6) is 0 Å². The Bertz CT molecular complexity index is 1140. The van der Waals surface area contributed by atoms with Crippen molar-refractivity contribution in [2.75, 3.05) is 21.7 Å². The predicted molar refractivity (Wildman–Crippen MR) is 132 cm³/mol. The summed E-state index contributed by atoms with van der Waals surface area (Å²) >= 11 is 14.7. The first-order chi connectivity index (χ1) is 15.3. The molecular formula is C21H18Cl2N4O3S2. The molecule has 3 aromatic rings. The molecular weight excluding hydrogens is 491 g/mol. The van der Waals surface area contributed by atoms with Crippen LogP contribution in [0.1, 0.15) is 23.0 Å². The molecule has 0 unspecified atom stereocenters. The smallest absolute Gasteiger partial charge is 0.259 e. The van der Waals surface area contributed by atoms with Gasteiger partial charge in [0, 0.05) is 34.5 Å². The number of carbonyl (C=O) groups is 3. The Morgan fingerprint density at radius 1 is 1.00 bits per heavy atom. The van der Waals surface area contributed by atoms with E-state index in [9.17, 15) is 14.4 Å². The van der Waals surface area contributed by atoms with E-state index in [-0.39, 0.29) is 23.1 Å². The van der Waals surface area contributed by atoms with Crippen molar-refractivity contribution in [3.63, 3.8) is 0 Å². The molecule has 166 valence electrons. The summed E-state index contributed by atoms with van der Waals surface area (Å²) in [7, 11) is 0. The van der Waals surface area contributed by atoms with Crippen molar-refractivity contribution >= 4 is 80.5 Å². The van der Waals surface area contributed by atoms with E-state index in [0.29, 0.717) is 32.3 Å². The van der Waals surface area contributed by atoms with Crippen LogP contribution in [-0.2, 0) is 15.3 Å². The monoisotopic (exact) mass is 508 g/mol. The van der Waals surface area contributed by atoms with E-state index in [2.05, 4.69) is 20.9 Å². The van der Waals surface area contributed by atoms with Gasteiger partial charge in [-0.05, 0) is 42.5 Å². The van der Waals surface area contributed by atoms with Crippen LogP contribution >= 0.6 is 46.3 Å². The molecule has 0 spiro atoms. The molecule has 0 fully saturated rings. The van der Waals surface area contributed by atoms with Crippen LogP contribution in [0.4, 0.5) is 16.5 Å². The highest BCUT2D eigenvalue weighted by Gasteiger charge is 2.13. The van der Waals surface area contributed by atoms with Crippen LogP contribution in [0.15, 0.2) is 47.8 Å². The third kappa shape index (κ3) is 7.23. The summed E-state index contributed by atoms with van der Waals surface area (Å²) in [6.45, 7) is 1.43. The Morgan fingerprint density at radius 2 is 1.69 bits per heavy atom. The second kappa shape index (κ2) is 11.3. The van der Waals surface area contributed by atoms with Crippen molar-refractivity contribution in [2.45, 2.75) is 12.7 Å². The fourth-order valence-electron chi connectivity index (χ4n) is 2.55. The zero-order valence-corrected chi connectivity index (χ0v) is 19.9. The van der Waals surface area contributed by atoms with Crippen molar-refractivity contribution < 1.29 is 14.4 Å². The van der Waals surface area contributed by atoms with Crippen LogP contribution in [0.2, 0.25) is 10.0 Å². The summed E-state index contributed by atoms with van der Waals surface area (Å²) < 4.78 is 0. The Morgan fingerprint density at radius 3 is 2.38 bits per heavy atom. The van der Waals surface area contributed by atoms with Crippen molar-refractivity contribution in [2.24, 2.45) is 0 Å². The molecule has 11 heteroatoms. The third-order valence-electron chi connectivity index (χ3n) is 3.92. The molecule has 7 nitrogen and oxygen atoms in total. The lowest BCUT2D eigenvalue weighted by molar-refractivity contribution is -0.114. The van der Waals surface area contributed by atoms with Gasteiger partial charge in [-0.2, -0.15) is 0 Å². The summed E-state index contributed by atoms with van der Waals surface area (Å²) in [6.07, 6.45) is 0. The highest BCUT2D eigenvalue weighted by Crippen LogP contribution is 2.24. The van der Waals surface area contributed by atoms with Gasteiger partial charge in [-0.15, -0.1) is 23.1 Å². The molecule has 0 aliphatic heterocycles. The summed E-state index contributed by atoms with van der Waals surface area (Å²) in [6, 6.07) is 11.5. The number of hydrogen-bond acceptors (Lipinski definition) is 6. The van der Waals surface area contributed by atoms with E-state index >= 15 is 0 Å². The molecule has 3 amide bonds. The van der Waals surface area contributed by atoms with Crippen LogP contribution in [0.3, 0.4) is 0 Å². The lowest BCUT2D eigenvalue weighted by atomic mass is 10.2. The van der Waals surface area contributed by atoms with Gasteiger partial charge in [0.25, 0.3) is 5.91 Å². The second-order valence-electron chi connectivity index (χ2n) is 6.52. The summed E-state index contributed by atoms with van der Waals surface area (Å²) in [5, 5.41) is 11.1. The highest BCUT2D eigenvalue weighted by atomic mass is 35.5. The number of halogens is 2. The normalized spacial score (nSPS) is 10.5. The molecule has 0 saturated carbocycles. The van der Waals surface area contributed by atoms with E-state index in [1.54, 1.807) is 36.4 Å². The van der Waals surface area contributed by atoms with Gasteiger partial charge in [0.2, 0.25) is 11.8 Å². The SMILES string of the molecule is CC(=O)Nc1ccc(NC(=O)CSCc2csc(NC(=O)c3cc(Cl)ccc3Cl)n2)cc1. The Balaban J connectivity index is 1.45. The maximum absolute atomic E-state index is 12.4. The van der Waals surface area contributed by atoms with Gasteiger partial charge >= 0.3 is 0 Å². The Hall–Kier alpha value is -2.59. The van der Waals surface area contributed by atoms with Gasteiger partial charge < -0.3 is 10.6 Å². The highest BCUT2D eigenvalue weighted by molar-refractivity contribution is 7.99. The van der Waals surface area contributed by atoms with E-state index in [0.717, 1.165) is 5.69 Å². The maximum atomic E-state index is 12.4. The minimum atomic E-state index is -0.394. The number of benzene rings is 2. The van der Waals surface area contributed by atoms with Crippen molar-refractivity contribution in [3.05, 3.63) is 69.1 Å². The molecule has 0 aliphatic rings. The van der Waals surface area contributed by atoms with Crippen LogP contribution in [-0.4, -0.2) is 28.5 Å². The number of nitrogens with zero attached hydrogens (tertiary/aromatic N) is 1. The number of thioether (sulfide) groups is 1. The standard InChI is InChI=1S/C21H18Cl2N4O3S2/c1-12(28)24-14-3-5-15(6-4-14)25-19(29)11-31-9-16-10-32-21(26-16)27-20(30)17-8-13(22)2-7-18(17)23/h2-8,10H,9,11H2,1H3,(H,24,28)(H,25,29)(H,26,27,30). The van der Waals surface area contributed by atoms with Gasteiger partial charge in [-0.3, -0.25) is 19.7 Å². The molecule has 3 rings (SSSR count). The number of thiazole rings is 1. The van der Waals surface area contributed by atoms with E-state index in [4.69, 9.17) is 23.2 Å². The molecule has 0 radical (unpaired) electrons. The summed E-state index contributed by atoms with van der Waals surface area (Å²) in [4.78, 5) is 39.9. The van der Waals surface area contributed by atoms with E-state index in [1.807, 2.05) is 5.38 Å². The number of carbonyl (C=O) groups excluding carboxylic acids is 3. The lowest BCUT2D eigenvalue weighted by Crippen LogP contribution is -2.14. The fourth-order valence-corrected chi connectivity index (χ4v) is 4.46. The molecule has 0 saturated heterocycles. The first kappa shape index (κ1) is 24.1. The first-order valence-corrected chi connectivity index (χ1v) is 12.1. The number of nitrogens with one attached hydrogen (secondary N) is 3. The van der Waals surface area contributed by atoms with Gasteiger partial charge in [-0.1, -0.05) is 23.2 Å². The minimum Gasteiger partial charge on any atom is -0.326 e. The van der Waals surface area contributed by atoms with Crippen LogP contribution < -0.4 is 16.0 Å². The van der Waals surface area contributed by atoms with Gasteiger partial charge in [-0.25, -0.2) is 4.98 Å². The molecule has 3 N–H and O–H groups in total. The predicted octanol–water partition coefficient (Wildman–Crippen LogP) is 5.53. The molecule has 32 heavy (non-hydrogen) atoms. The summed E-state index contributed by atoms with van der Waals surface area (Å²) in [5.41, 5.74) is 2.32. The summed E-state index contributed by atoms with van der Waals surface area (Å²) in [5.74, 6) is 0.0528. The number of amides is 3. The maximum Gasteiger partial charge on any atom is 0.259 e.